The highest BCUT2D eigenvalue weighted by atomic mass is 35.5. The zero-order valence-electron chi connectivity index (χ0n) is 26.2. The molecule has 1 saturated heterocycles. The van der Waals surface area contributed by atoms with Gasteiger partial charge in [0, 0.05) is 60.4 Å². The third kappa shape index (κ3) is 7.86. The molecule has 2 fully saturated rings. The van der Waals surface area contributed by atoms with E-state index in [-0.39, 0.29) is 17.6 Å². The number of aromatic nitrogens is 1. The molecule has 0 N–H and O–H groups in total. The van der Waals surface area contributed by atoms with Crippen LogP contribution in [0, 0.1) is 0 Å². The first-order valence-electron chi connectivity index (χ1n) is 16.0. The Morgan fingerprint density at radius 1 is 0.913 bits per heavy atom. The van der Waals surface area contributed by atoms with Crippen molar-refractivity contribution in [2.24, 2.45) is 0 Å². The normalized spacial score (nSPS) is 16.6. The lowest BCUT2D eigenvalue weighted by atomic mass is 9.88. The van der Waals surface area contributed by atoms with E-state index in [1.54, 1.807) is 31.4 Å². The van der Waals surface area contributed by atoms with Crippen molar-refractivity contribution in [2.75, 3.05) is 51.4 Å². The number of piperidine rings is 1. The van der Waals surface area contributed by atoms with Crippen LogP contribution < -0.4 is 0 Å². The van der Waals surface area contributed by atoms with E-state index in [0.29, 0.717) is 44.4 Å². The molecule has 6 rings (SSSR count). The van der Waals surface area contributed by atoms with Crippen LogP contribution in [-0.2, 0) is 27.7 Å². The molecule has 1 aliphatic heterocycles. The van der Waals surface area contributed by atoms with E-state index in [1.165, 1.54) is 33.4 Å². The monoisotopic (exact) mass is 677 g/mol. The number of benzene rings is 2. The Labute approximate surface area is 284 Å². The van der Waals surface area contributed by atoms with Crippen LogP contribution in [-0.4, -0.2) is 78.4 Å². The Morgan fingerprint density at radius 2 is 1.63 bits per heavy atom. The molecule has 2 amide bonds. The summed E-state index contributed by atoms with van der Waals surface area (Å²) in [4.78, 5) is 33.6. The first-order valence-corrected chi connectivity index (χ1v) is 18.8. The molecule has 242 valence electrons. The molecular weight excluding hydrogens is 638 g/mol. The molecule has 0 unspecified atom stereocenters. The maximum absolute atomic E-state index is 12.8. The number of carbonyl (C=O) groups excluding carboxylic acids is 2. The first-order chi connectivity index (χ1) is 22.4. The maximum Gasteiger partial charge on any atom is 0.409 e. The van der Waals surface area contributed by atoms with Gasteiger partial charge in [-0.25, -0.2) is 9.59 Å². The molecule has 0 atom stereocenters. The van der Waals surface area contributed by atoms with Gasteiger partial charge in [0.15, 0.2) is 0 Å². The Kier molecular flexibility index (Phi) is 10.8. The van der Waals surface area contributed by atoms with Crippen LogP contribution in [0.4, 0.5) is 9.59 Å². The number of carbonyl (C=O) groups is 2. The van der Waals surface area contributed by atoms with Crippen LogP contribution in [0.3, 0.4) is 0 Å². The largest absolute Gasteiger partial charge is 0.449 e. The summed E-state index contributed by atoms with van der Waals surface area (Å²) in [6.07, 6.45) is 6.95. The van der Waals surface area contributed by atoms with Crippen LogP contribution in [0.25, 0.3) is 5.57 Å². The third-order valence-electron chi connectivity index (χ3n) is 9.07. The van der Waals surface area contributed by atoms with E-state index < -0.39 is 0 Å². The van der Waals surface area contributed by atoms with Gasteiger partial charge in [0.2, 0.25) is 0 Å². The SMILES string of the molecule is CN(CC1(c2ccccc2)CC1)C(=O)OCCSSCCOC(=O)N1CCC(=C2c3ccc(Cl)cc3CCc3cccnc32)CC1. The zero-order valence-corrected chi connectivity index (χ0v) is 28.6. The number of aryl methyl sites for hydroxylation is 2. The molecule has 1 saturated carbocycles. The second-order valence-electron chi connectivity index (χ2n) is 12.2. The van der Waals surface area contributed by atoms with Gasteiger partial charge in [-0.2, -0.15) is 0 Å². The van der Waals surface area contributed by atoms with E-state index in [1.807, 2.05) is 31.4 Å². The Balaban J connectivity index is 0.895. The molecule has 10 heteroatoms. The molecule has 2 aromatic carbocycles. The molecule has 0 bridgehead atoms. The zero-order chi connectivity index (χ0) is 31.9. The Morgan fingerprint density at radius 3 is 2.37 bits per heavy atom. The molecule has 3 aromatic rings. The van der Waals surface area contributed by atoms with Crippen LogP contribution in [0.2, 0.25) is 5.02 Å². The second-order valence-corrected chi connectivity index (χ2v) is 15.3. The van der Waals surface area contributed by atoms with Crippen molar-refractivity contribution in [3.05, 3.63) is 105 Å². The standard InChI is InChI=1S/C36H40ClN3O4S2/c1-39(25-36(15-16-36)29-7-3-2-4-8-29)34(41)43-20-22-45-46-23-21-44-35(42)40-18-13-26(14-19-40)32-31-12-11-30(37)24-28(31)10-9-27-6-5-17-38-33(27)32/h2-8,11-12,17,24H,9-10,13-16,18-23,25H2,1H3. The average Bonchev–Trinajstić information content (AvgIpc) is 3.89. The van der Waals surface area contributed by atoms with Gasteiger partial charge in [0.25, 0.3) is 0 Å². The average molecular weight is 678 g/mol. The molecule has 7 nitrogen and oxygen atoms in total. The molecule has 1 aromatic heterocycles. The summed E-state index contributed by atoms with van der Waals surface area (Å²) in [5, 5.41) is 0.754. The number of likely N-dealkylation sites (N-methyl/N-ethyl adjacent to an activating group) is 1. The molecule has 0 radical (unpaired) electrons. The number of pyridine rings is 1. The van der Waals surface area contributed by atoms with Crippen molar-refractivity contribution < 1.29 is 19.1 Å². The number of hydrogen-bond donors (Lipinski definition) is 0. The van der Waals surface area contributed by atoms with E-state index in [9.17, 15) is 9.59 Å². The number of nitrogens with zero attached hydrogens (tertiary/aromatic N) is 3. The molecule has 46 heavy (non-hydrogen) atoms. The van der Waals surface area contributed by atoms with Crippen molar-refractivity contribution in [3.8, 4) is 0 Å². The summed E-state index contributed by atoms with van der Waals surface area (Å²) < 4.78 is 11.1. The van der Waals surface area contributed by atoms with Gasteiger partial charge in [-0.15, -0.1) is 0 Å². The van der Waals surface area contributed by atoms with Gasteiger partial charge < -0.3 is 19.3 Å². The smallest absolute Gasteiger partial charge is 0.409 e. The van der Waals surface area contributed by atoms with Crippen molar-refractivity contribution in [2.45, 2.75) is 43.9 Å². The lowest BCUT2D eigenvalue weighted by Gasteiger charge is -2.29. The molecule has 2 heterocycles. The van der Waals surface area contributed by atoms with Crippen molar-refractivity contribution in [1.82, 2.24) is 14.8 Å². The van der Waals surface area contributed by atoms with Crippen LogP contribution in [0.5, 0.6) is 0 Å². The van der Waals surface area contributed by atoms with Gasteiger partial charge in [0.05, 0.1) is 5.69 Å². The van der Waals surface area contributed by atoms with Gasteiger partial charge in [-0.1, -0.05) is 81.2 Å². The second kappa shape index (κ2) is 15.2. The fourth-order valence-corrected chi connectivity index (χ4v) is 8.34. The number of amides is 2. The third-order valence-corrected chi connectivity index (χ3v) is 11.6. The van der Waals surface area contributed by atoms with E-state index >= 15 is 0 Å². The summed E-state index contributed by atoms with van der Waals surface area (Å²) in [5.74, 6) is 1.35. The summed E-state index contributed by atoms with van der Waals surface area (Å²) in [6, 6.07) is 20.7. The molecule has 2 aliphatic carbocycles. The lowest BCUT2D eigenvalue weighted by Crippen LogP contribution is -2.37. The highest BCUT2D eigenvalue weighted by Gasteiger charge is 2.45. The van der Waals surface area contributed by atoms with Crippen molar-refractivity contribution in [3.63, 3.8) is 0 Å². The van der Waals surface area contributed by atoms with Crippen LogP contribution in [0.1, 0.15) is 53.6 Å². The maximum atomic E-state index is 12.8. The van der Waals surface area contributed by atoms with Gasteiger partial charge in [-0.3, -0.25) is 4.98 Å². The number of fused-ring (bicyclic) bond motifs is 2. The lowest BCUT2D eigenvalue weighted by molar-refractivity contribution is 0.105. The molecule has 0 spiro atoms. The summed E-state index contributed by atoms with van der Waals surface area (Å²) in [5.41, 5.74) is 8.67. The van der Waals surface area contributed by atoms with Crippen molar-refractivity contribution >= 4 is 50.9 Å². The van der Waals surface area contributed by atoms with E-state index in [2.05, 4.69) is 42.5 Å². The number of hydrogen-bond acceptors (Lipinski definition) is 7. The first kappa shape index (κ1) is 32.8. The summed E-state index contributed by atoms with van der Waals surface area (Å²) in [6.45, 7) is 2.61. The highest BCUT2D eigenvalue weighted by molar-refractivity contribution is 8.76. The minimum Gasteiger partial charge on any atom is -0.449 e. The summed E-state index contributed by atoms with van der Waals surface area (Å²) in [7, 11) is 5.05. The van der Waals surface area contributed by atoms with Crippen LogP contribution >= 0.6 is 33.2 Å². The van der Waals surface area contributed by atoms with E-state index in [4.69, 9.17) is 26.1 Å². The van der Waals surface area contributed by atoms with Gasteiger partial charge in [0.1, 0.15) is 13.2 Å². The fraction of sp³-hybridized carbons (Fsp3) is 0.417. The molecular formula is C36H40ClN3O4S2. The Hall–Kier alpha value is -3.14. The van der Waals surface area contributed by atoms with Crippen LogP contribution in [0.15, 0.2) is 72.4 Å². The van der Waals surface area contributed by atoms with E-state index in [0.717, 1.165) is 49.2 Å². The quantitative estimate of drug-likeness (QED) is 0.159. The van der Waals surface area contributed by atoms with Gasteiger partial charge in [-0.05, 0) is 79.0 Å². The van der Waals surface area contributed by atoms with Gasteiger partial charge >= 0.3 is 12.2 Å². The summed E-state index contributed by atoms with van der Waals surface area (Å²) >= 11 is 6.36. The fourth-order valence-electron chi connectivity index (χ4n) is 6.49. The topological polar surface area (TPSA) is 72.0 Å². The minimum absolute atomic E-state index is 0.0742. The number of halogens is 1. The Bertz CT molecular complexity index is 1570. The number of likely N-dealkylation sites (tertiary alicyclic amines) is 1. The molecule has 3 aliphatic rings. The number of rotatable bonds is 10. The highest BCUT2D eigenvalue weighted by Crippen LogP contribution is 2.48. The number of ether oxygens (including phenoxy) is 2. The minimum atomic E-state index is -0.282. The predicted octanol–water partition coefficient (Wildman–Crippen LogP) is 8.05. The van der Waals surface area contributed by atoms with Crippen molar-refractivity contribution in [1.29, 1.82) is 0 Å². The predicted molar refractivity (Wildman–Crippen MR) is 188 cm³/mol.